The molecule has 0 bridgehead atoms. The number of rotatable bonds is 2. The summed E-state index contributed by atoms with van der Waals surface area (Å²) in [5, 5.41) is 4.13. The molecule has 2 heterocycles. The smallest absolute Gasteiger partial charge is 0.273 e. The third-order valence-corrected chi connectivity index (χ3v) is 2.92. The first-order chi connectivity index (χ1) is 8.04. The fourth-order valence-corrected chi connectivity index (χ4v) is 2.01. The molecule has 0 amide bonds. The second-order valence-electron chi connectivity index (χ2n) is 4.05. The van der Waals surface area contributed by atoms with Gasteiger partial charge >= 0.3 is 0 Å². The molecular formula is C12H16N4O. The number of nitrogens with zero attached hydrogens (tertiary/aromatic N) is 3. The van der Waals surface area contributed by atoms with Gasteiger partial charge in [-0.3, -0.25) is 9.48 Å². The quantitative estimate of drug-likeness (QED) is 0.845. The van der Waals surface area contributed by atoms with Crippen molar-refractivity contribution in [3.8, 4) is 11.1 Å². The second-order valence-corrected chi connectivity index (χ2v) is 4.05. The molecule has 2 aromatic heterocycles. The molecule has 0 aromatic carbocycles. The summed E-state index contributed by atoms with van der Waals surface area (Å²) in [7, 11) is 1.86. The fraction of sp³-hybridized carbons (Fsp3) is 0.333. The molecule has 0 saturated carbocycles. The first-order valence-electron chi connectivity index (χ1n) is 5.53. The summed E-state index contributed by atoms with van der Waals surface area (Å²) >= 11 is 0. The summed E-state index contributed by atoms with van der Waals surface area (Å²) < 4.78 is 3.41. The Morgan fingerprint density at radius 2 is 2.18 bits per heavy atom. The molecule has 0 aliphatic rings. The van der Waals surface area contributed by atoms with Gasteiger partial charge in [0.05, 0.1) is 11.9 Å². The predicted molar refractivity (Wildman–Crippen MR) is 67.7 cm³/mol. The fourth-order valence-electron chi connectivity index (χ4n) is 2.01. The number of aromatic nitrogens is 3. The topological polar surface area (TPSA) is 65.8 Å². The Balaban J connectivity index is 2.71. The van der Waals surface area contributed by atoms with E-state index in [0.29, 0.717) is 6.54 Å². The minimum atomic E-state index is -0.127. The van der Waals surface area contributed by atoms with E-state index in [1.807, 2.05) is 27.1 Å². The van der Waals surface area contributed by atoms with Crippen molar-refractivity contribution in [3.05, 3.63) is 34.5 Å². The molecule has 0 spiro atoms. The van der Waals surface area contributed by atoms with Crippen molar-refractivity contribution in [2.24, 2.45) is 7.05 Å². The maximum atomic E-state index is 11.8. The largest absolute Gasteiger partial charge is 0.394 e. The number of hydrogen-bond donors (Lipinski definition) is 1. The van der Waals surface area contributed by atoms with Crippen molar-refractivity contribution in [2.45, 2.75) is 20.4 Å². The molecular weight excluding hydrogens is 216 g/mol. The van der Waals surface area contributed by atoms with E-state index < -0.39 is 0 Å². The summed E-state index contributed by atoms with van der Waals surface area (Å²) in [6.45, 7) is 4.47. The Morgan fingerprint density at radius 1 is 1.47 bits per heavy atom. The number of nitrogen functional groups attached to an aromatic ring is 1. The van der Waals surface area contributed by atoms with Gasteiger partial charge in [0.25, 0.3) is 5.56 Å². The molecule has 0 aliphatic heterocycles. The van der Waals surface area contributed by atoms with Crippen LogP contribution in [-0.2, 0) is 13.6 Å². The molecule has 0 radical (unpaired) electrons. The van der Waals surface area contributed by atoms with E-state index in [1.165, 1.54) is 0 Å². The summed E-state index contributed by atoms with van der Waals surface area (Å²) in [5.74, 6) is 0. The minimum absolute atomic E-state index is 0.127. The van der Waals surface area contributed by atoms with Gasteiger partial charge in [0.2, 0.25) is 0 Å². The maximum absolute atomic E-state index is 11.8. The van der Waals surface area contributed by atoms with Crippen LogP contribution in [0.4, 0.5) is 5.69 Å². The van der Waals surface area contributed by atoms with Gasteiger partial charge in [-0.2, -0.15) is 5.10 Å². The van der Waals surface area contributed by atoms with Crippen molar-refractivity contribution in [1.29, 1.82) is 0 Å². The molecule has 17 heavy (non-hydrogen) atoms. The molecule has 0 fully saturated rings. The van der Waals surface area contributed by atoms with Crippen LogP contribution in [-0.4, -0.2) is 14.3 Å². The number of hydrogen-bond acceptors (Lipinski definition) is 3. The molecule has 0 atom stereocenters. The summed E-state index contributed by atoms with van der Waals surface area (Å²) in [5.41, 5.74) is 8.74. The van der Waals surface area contributed by atoms with E-state index in [-0.39, 0.29) is 11.2 Å². The van der Waals surface area contributed by atoms with Crippen LogP contribution in [0.1, 0.15) is 12.6 Å². The van der Waals surface area contributed by atoms with Gasteiger partial charge in [0.1, 0.15) is 0 Å². The molecule has 2 aromatic rings. The number of nitrogens with two attached hydrogens (primary N) is 1. The first-order valence-corrected chi connectivity index (χ1v) is 5.53. The third kappa shape index (κ3) is 1.84. The van der Waals surface area contributed by atoms with Gasteiger partial charge in [-0.1, -0.05) is 0 Å². The maximum Gasteiger partial charge on any atom is 0.273 e. The lowest BCUT2D eigenvalue weighted by atomic mass is 10.1. The minimum Gasteiger partial charge on any atom is -0.394 e. The number of anilines is 1. The van der Waals surface area contributed by atoms with Gasteiger partial charge in [-0.15, -0.1) is 0 Å². The lowest BCUT2D eigenvalue weighted by Gasteiger charge is -2.12. The number of pyridine rings is 1. The Morgan fingerprint density at radius 3 is 2.71 bits per heavy atom. The number of aryl methyl sites for hydroxylation is 1. The lowest BCUT2D eigenvalue weighted by Crippen LogP contribution is -2.24. The van der Waals surface area contributed by atoms with E-state index in [2.05, 4.69) is 5.10 Å². The van der Waals surface area contributed by atoms with E-state index in [9.17, 15) is 4.79 Å². The molecule has 2 N–H and O–H groups in total. The van der Waals surface area contributed by atoms with Crippen molar-refractivity contribution in [2.75, 3.05) is 5.73 Å². The molecule has 0 unspecified atom stereocenters. The Hall–Kier alpha value is -2.04. The Labute approximate surface area is 99.5 Å². The molecule has 5 nitrogen and oxygen atoms in total. The van der Waals surface area contributed by atoms with Crippen molar-refractivity contribution >= 4 is 5.69 Å². The van der Waals surface area contributed by atoms with E-state index in [4.69, 9.17) is 5.73 Å². The highest BCUT2D eigenvalue weighted by molar-refractivity contribution is 5.68. The van der Waals surface area contributed by atoms with E-state index in [0.717, 1.165) is 16.8 Å². The zero-order valence-electron chi connectivity index (χ0n) is 10.3. The standard InChI is InChI=1S/C12H16N4O/c1-4-16-8(2)10(5-11(13)12(16)17)9-6-14-15(3)7-9/h5-7H,4,13H2,1-3H3. The monoisotopic (exact) mass is 232 g/mol. The zero-order chi connectivity index (χ0) is 12.6. The second kappa shape index (κ2) is 4.08. The Kier molecular flexibility index (Phi) is 2.75. The third-order valence-electron chi connectivity index (χ3n) is 2.92. The summed E-state index contributed by atoms with van der Waals surface area (Å²) in [6.07, 6.45) is 3.68. The van der Waals surface area contributed by atoms with Crippen molar-refractivity contribution in [1.82, 2.24) is 14.3 Å². The van der Waals surface area contributed by atoms with Crippen LogP contribution in [0.3, 0.4) is 0 Å². The van der Waals surface area contributed by atoms with Crippen LogP contribution in [0.25, 0.3) is 11.1 Å². The highest BCUT2D eigenvalue weighted by atomic mass is 16.1. The van der Waals surface area contributed by atoms with Gasteiger partial charge in [-0.25, -0.2) is 0 Å². The van der Waals surface area contributed by atoms with E-state index in [1.54, 1.807) is 21.5 Å². The van der Waals surface area contributed by atoms with E-state index >= 15 is 0 Å². The molecule has 90 valence electrons. The van der Waals surface area contributed by atoms with Crippen molar-refractivity contribution < 1.29 is 0 Å². The van der Waals surface area contributed by atoms with Crippen LogP contribution in [0, 0.1) is 6.92 Å². The van der Waals surface area contributed by atoms with Gasteiger partial charge in [0.15, 0.2) is 0 Å². The highest BCUT2D eigenvalue weighted by Gasteiger charge is 2.11. The average molecular weight is 232 g/mol. The van der Waals surface area contributed by atoms with Crippen LogP contribution < -0.4 is 11.3 Å². The summed E-state index contributed by atoms with van der Waals surface area (Å²) in [6, 6.07) is 1.72. The predicted octanol–water partition coefficient (Wildman–Crippen LogP) is 1.16. The van der Waals surface area contributed by atoms with Gasteiger partial charge in [-0.05, 0) is 19.9 Å². The Bertz CT molecular complexity index is 609. The van der Waals surface area contributed by atoms with Crippen LogP contribution in [0.2, 0.25) is 0 Å². The summed E-state index contributed by atoms with van der Waals surface area (Å²) in [4.78, 5) is 11.8. The molecule has 0 saturated heterocycles. The normalized spacial score (nSPS) is 10.8. The molecule has 0 aliphatic carbocycles. The van der Waals surface area contributed by atoms with Crippen LogP contribution >= 0.6 is 0 Å². The van der Waals surface area contributed by atoms with Crippen LogP contribution in [0.15, 0.2) is 23.3 Å². The average Bonchev–Trinajstić information content (AvgIpc) is 2.71. The molecule has 2 rings (SSSR count). The molecule has 5 heteroatoms. The lowest BCUT2D eigenvalue weighted by molar-refractivity contribution is 0.705. The highest BCUT2D eigenvalue weighted by Crippen LogP contribution is 2.23. The zero-order valence-corrected chi connectivity index (χ0v) is 10.3. The van der Waals surface area contributed by atoms with Gasteiger partial charge in [0, 0.05) is 36.6 Å². The van der Waals surface area contributed by atoms with Crippen molar-refractivity contribution in [3.63, 3.8) is 0 Å². The first kappa shape index (κ1) is 11.4. The SMILES string of the molecule is CCn1c(C)c(-c2cnn(C)c2)cc(N)c1=O. The van der Waals surface area contributed by atoms with Gasteiger partial charge < -0.3 is 10.3 Å². The van der Waals surface area contributed by atoms with Crippen LogP contribution in [0.5, 0.6) is 0 Å².